The van der Waals surface area contributed by atoms with Crippen LogP contribution in [0.25, 0.3) is 0 Å². The van der Waals surface area contributed by atoms with Gasteiger partial charge in [-0.2, -0.15) is 0 Å². The van der Waals surface area contributed by atoms with Crippen molar-refractivity contribution in [3.05, 3.63) is 0 Å². The molecule has 4 atom stereocenters. The van der Waals surface area contributed by atoms with E-state index < -0.39 is 0 Å². The van der Waals surface area contributed by atoms with Crippen LogP contribution < -0.4 is 10.6 Å². The number of hydrogen-bond donors (Lipinski definition) is 2. The van der Waals surface area contributed by atoms with Gasteiger partial charge in [-0.05, 0) is 38.5 Å². The fourth-order valence-electron chi connectivity index (χ4n) is 2.32. The number of rotatable bonds is 4. The Morgan fingerprint density at radius 2 is 2.07 bits per heavy atom. The van der Waals surface area contributed by atoms with Gasteiger partial charge in [0.05, 0.1) is 6.04 Å². The fourth-order valence-corrected chi connectivity index (χ4v) is 2.32. The quantitative estimate of drug-likeness (QED) is 0.742. The number of hydrogen-bond acceptors (Lipinski definition) is 2. The summed E-state index contributed by atoms with van der Waals surface area (Å²) >= 11 is 0. The second-order valence-corrected chi connectivity index (χ2v) is 4.80. The molecule has 1 fully saturated rings. The molecule has 0 saturated heterocycles. The molecule has 1 saturated carbocycles. The number of carbonyl (C=O) groups excluding carboxylic acids is 1. The topological polar surface area (TPSA) is 41.1 Å². The van der Waals surface area contributed by atoms with Crippen LogP contribution in [-0.2, 0) is 4.79 Å². The van der Waals surface area contributed by atoms with Crippen molar-refractivity contribution in [2.24, 2.45) is 11.8 Å². The zero-order valence-electron chi connectivity index (χ0n) is 10.3. The highest BCUT2D eigenvalue weighted by molar-refractivity contribution is 5.81. The molecule has 0 radical (unpaired) electrons. The smallest absolute Gasteiger partial charge is 0.236 e. The molecule has 3 nitrogen and oxygen atoms in total. The van der Waals surface area contributed by atoms with E-state index in [4.69, 9.17) is 0 Å². The second-order valence-electron chi connectivity index (χ2n) is 4.80. The van der Waals surface area contributed by atoms with E-state index in [0.29, 0.717) is 18.5 Å². The summed E-state index contributed by atoms with van der Waals surface area (Å²) in [6.07, 6.45) is 2.48. The lowest BCUT2D eigenvalue weighted by molar-refractivity contribution is -0.122. The largest absolute Gasteiger partial charge is 0.355 e. The number of carbonyl (C=O) groups is 1. The van der Waals surface area contributed by atoms with E-state index in [-0.39, 0.29) is 11.9 Å². The molecule has 1 aliphatic carbocycles. The zero-order chi connectivity index (χ0) is 11.4. The third-order valence-electron chi connectivity index (χ3n) is 3.67. The van der Waals surface area contributed by atoms with Gasteiger partial charge in [0.1, 0.15) is 0 Å². The van der Waals surface area contributed by atoms with Gasteiger partial charge in [-0.1, -0.05) is 13.8 Å². The van der Waals surface area contributed by atoms with Crippen LogP contribution in [0.15, 0.2) is 0 Å². The number of nitrogens with one attached hydrogen (secondary N) is 2. The van der Waals surface area contributed by atoms with Crippen molar-refractivity contribution in [1.82, 2.24) is 10.6 Å². The maximum atomic E-state index is 11.5. The van der Waals surface area contributed by atoms with E-state index in [9.17, 15) is 4.79 Å². The average Bonchev–Trinajstić information content (AvgIpc) is 2.50. The summed E-state index contributed by atoms with van der Waals surface area (Å²) < 4.78 is 0. The van der Waals surface area contributed by atoms with Crippen LogP contribution in [0.1, 0.15) is 40.5 Å². The Bertz CT molecular complexity index is 218. The third kappa shape index (κ3) is 3.20. The number of amides is 1. The van der Waals surface area contributed by atoms with Crippen LogP contribution in [0.2, 0.25) is 0 Å². The van der Waals surface area contributed by atoms with E-state index in [0.717, 1.165) is 5.92 Å². The van der Waals surface area contributed by atoms with Gasteiger partial charge in [-0.3, -0.25) is 4.79 Å². The van der Waals surface area contributed by atoms with Crippen molar-refractivity contribution in [1.29, 1.82) is 0 Å². The highest BCUT2D eigenvalue weighted by Crippen LogP contribution is 2.31. The third-order valence-corrected chi connectivity index (χ3v) is 3.67. The molecule has 2 N–H and O–H groups in total. The summed E-state index contributed by atoms with van der Waals surface area (Å²) in [6.45, 7) is 9.18. The first-order valence-electron chi connectivity index (χ1n) is 6.10. The molecule has 0 aromatic carbocycles. The average molecular weight is 212 g/mol. The predicted molar refractivity (Wildman–Crippen MR) is 62.6 cm³/mol. The van der Waals surface area contributed by atoms with E-state index in [1.54, 1.807) is 0 Å². The van der Waals surface area contributed by atoms with Crippen molar-refractivity contribution >= 4 is 5.91 Å². The SMILES string of the molecule is CCNC(=O)C(C)NC1CCC(C)C1C. The normalized spacial score (nSPS) is 32.7. The Morgan fingerprint density at radius 3 is 2.53 bits per heavy atom. The highest BCUT2D eigenvalue weighted by Gasteiger charge is 2.31. The van der Waals surface area contributed by atoms with Crippen molar-refractivity contribution < 1.29 is 4.79 Å². The molecule has 1 amide bonds. The highest BCUT2D eigenvalue weighted by atomic mass is 16.2. The second kappa shape index (κ2) is 5.50. The fraction of sp³-hybridized carbons (Fsp3) is 0.917. The Hall–Kier alpha value is -0.570. The molecular weight excluding hydrogens is 188 g/mol. The maximum Gasteiger partial charge on any atom is 0.236 e. The van der Waals surface area contributed by atoms with Gasteiger partial charge in [0.25, 0.3) is 0 Å². The Kier molecular flexibility index (Phi) is 4.58. The lowest BCUT2D eigenvalue weighted by atomic mass is 9.97. The minimum absolute atomic E-state index is 0.0669. The lowest BCUT2D eigenvalue weighted by Crippen LogP contribution is -2.47. The minimum atomic E-state index is -0.0669. The van der Waals surface area contributed by atoms with Crippen LogP contribution in [0.3, 0.4) is 0 Å². The van der Waals surface area contributed by atoms with Gasteiger partial charge in [0.2, 0.25) is 5.91 Å². The van der Waals surface area contributed by atoms with Crippen molar-refractivity contribution in [2.75, 3.05) is 6.54 Å². The van der Waals surface area contributed by atoms with E-state index in [1.807, 2.05) is 13.8 Å². The molecule has 3 heteroatoms. The van der Waals surface area contributed by atoms with Gasteiger partial charge in [-0.25, -0.2) is 0 Å². The first kappa shape index (κ1) is 12.5. The summed E-state index contributed by atoms with van der Waals surface area (Å²) in [6, 6.07) is 0.445. The molecule has 0 bridgehead atoms. The minimum Gasteiger partial charge on any atom is -0.355 e. The first-order chi connectivity index (χ1) is 7.06. The summed E-state index contributed by atoms with van der Waals surface area (Å²) in [7, 11) is 0. The Morgan fingerprint density at radius 1 is 1.40 bits per heavy atom. The monoisotopic (exact) mass is 212 g/mol. The summed E-state index contributed by atoms with van der Waals surface area (Å²) in [4.78, 5) is 11.5. The Labute approximate surface area is 93.0 Å². The summed E-state index contributed by atoms with van der Waals surface area (Å²) in [5, 5.41) is 6.28. The molecule has 15 heavy (non-hydrogen) atoms. The molecule has 0 aliphatic heterocycles. The molecule has 0 spiro atoms. The van der Waals surface area contributed by atoms with Crippen molar-refractivity contribution in [3.63, 3.8) is 0 Å². The van der Waals surface area contributed by atoms with E-state index >= 15 is 0 Å². The zero-order valence-corrected chi connectivity index (χ0v) is 10.3. The van der Waals surface area contributed by atoms with Gasteiger partial charge in [0.15, 0.2) is 0 Å². The van der Waals surface area contributed by atoms with Crippen LogP contribution in [0.5, 0.6) is 0 Å². The van der Waals surface area contributed by atoms with Crippen LogP contribution in [0.4, 0.5) is 0 Å². The van der Waals surface area contributed by atoms with Crippen molar-refractivity contribution in [2.45, 2.75) is 52.6 Å². The molecule has 0 aromatic heterocycles. The number of likely N-dealkylation sites (N-methyl/N-ethyl adjacent to an activating group) is 1. The van der Waals surface area contributed by atoms with Gasteiger partial charge in [-0.15, -0.1) is 0 Å². The van der Waals surface area contributed by atoms with Crippen molar-refractivity contribution in [3.8, 4) is 0 Å². The Balaban J connectivity index is 2.38. The standard InChI is InChI=1S/C12H24N2O/c1-5-13-12(15)10(4)14-11-7-6-8(2)9(11)3/h8-11,14H,5-7H2,1-4H3,(H,13,15). The van der Waals surface area contributed by atoms with E-state index in [2.05, 4.69) is 24.5 Å². The molecule has 1 aliphatic rings. The van der Waals surface area contributed by atoms with Gasteiger partial charge in [0, 0.05) is 12.6 Å². The molecule has 0 heterocycles. The molecule has 0 aromatic rings. The van der Waals surface area contributed by atoms with Gasteiger partial charge < -0.3 is 10.6 Å². The molecule has 1 rings (SSSR count). The molecular formula is C12H24N2O. The van der Waals surface area contributed by atoms with Crippen LogP contribution in [0, 0.1) is 11.8 Å². The lowest BCUT2D eigenvalue weighted by Gasteiger charge is -2.23. The first-order valence-corrected chi connectivity index (χ1v) is 6.10. The van der Waals surface area contributed by atoms with Crippen LogP contribution >= 0.6 is 0 Å². The maximum absolute atomic E-state index is 11.5. The summed E-state index contributed by atoms with van der Waals surface area (Å²) in [5.41, 5.74) is 0. The van der Waals surface area contributed by atoms with Crippen LogP contribution in [-0.4, -0.2) is 24.5 Å². The molecule has 4 unspecified atom stereocenters. The predicted octanol–water partition coefficient (Wildman–Crippen LogP) is 1.54. The summed E-state index contributed by atoms with van der Waals surface area (Å²) in [5.74, 6) is 1.58. The molecule has 88 valence electrons. The van der Waals surface area contributed by atoms with Gasteiger partial charge >= 0.3 is 0 Å². The van der Waals surface area contributed by atoms with E-state index in [1.165, 1.54) is 12.8 Å².